The number of fused-ring (bicyclic) bond motifs is 5. The fourth-order valence-electron chi connectivity index (χ4n) is 8.48. The summed E-state index contributed by atoms with van der Waals surface area (Å²) in [4.78, 5) is 11.4. The lowest BCUT2D eigenvalue weighted by Crippen LogP contribution is -2.52. The number of hydrogen-bond acceptors (Lipinski definition) is 2. The van der Waals surface area contributed by atoms with Crippen LogP contribution in [0.1, 0.15) is 91.9 Å². The molecule has 0 saturated heterocycles. The Balaban J connectivity index is 1.49. The highest BCUT2D eigenvalue weighted by Crippen LogP contribution is 2.67. The molecule has 8 atom stereocenters. The second-order valence-corrected chi connectivity index (χ2v) is 12.1. The predicted octanol–water partition coefficient (Wildman–Crippen LogP) is 6.86. The summed E-state index contributed by atoms with van der Waals surface area (Å²) in [6.07, 6.45) is 6.04. The molecule has 4 rings (SSSR count). The molecule has 3 saturated carbocycles. The molecule has 0 aromatic carbocycles. The van der Waals surface area contributed by atoms with E-state index in [0.29, 0.717) is 30.1 Å². The van der Waals surface area contributed by atoms with Crippen LogP contribution in [0.5, 0.6) is 0 Å². The molecular formula is C26H39F3O2. The van der Waals surface area contributed by atoms with Crippen molar-refractivity contribution in [2.24, 2.45) is 40.4 Å². The van der Waals surface area contributed by atoms with Gasteiger partial charge in [-0.2, -0.15) is 13.2 Å². The lowest BCUT2D eigenvalue weighted by Gasteiger charge is -2.59. The van der Waals surface area contributed by atoms with Crippen LogP contribution in [0.3, 0.4) is 0 Å². The van der Waals surface area contributed by atoms with Crippen molar-refractivity contribution in [1.82, 2.24) is 0 Å². The van der Waals surface area contributed by atoms with Crippen molar-refractivity contribution >= 4 is 5.78 Å². The third-order valence-corrected chi connectivity index (χ3v) is 10.3. The average molecular weight is 441 g/mol. The summed E-state index contributed by atoms with van der Waals surface area (Å²) >= 11 is 0. The number of carbonyl (C=O) groups excluding carboxylic acids is 1. The number of alkyl halides is 3. The Hall–Kier alpha value is -0.840. The minimum absolute atomic E-state index is 0.146. The maximum absolute atomic E-state index is 12.7. The standard InChI is InChI=1S/C26H39F3O2/c1-16(5-10-22(30)26(27,28)29)19-8-9-20-18-7-6-17-15-23(2,31)13-14-24(17,3)21(18)11-12-25(19,20)4/h6,16,18-21,31H,5,7-15H2,1-4H3/t16-,18?,19-,20?,21?,23+,24+,25?/m1/s1. The minimum atomic E-state index is -4.70. The summed E-state index contributed by atoms with van der Waals surface area (Å²) in [6, 6.07) is 0. The molecular weight excluding hydrogens is 401 g/mol. The average Bonchev–Trinajstić information content (AvgIpc) is 3.02. The Bertz CT molecular complexity index is 754. The summed E-state index contributed by atoms with van der Waals surface area (Å²) in [6.45, 7) is 8.84. The molecule has 0 spiro atoms. The highest BCUT2D eigenvalue weighted by atomic mass is 19.4. The SMILES string of the molecule is C[C@H](CCC(=O)C(F)(F)F)[C@H]1CCC2C3CC=C4C[C@@](C)(O)CC[C@]4(C)C3CCC21C. The largest absolute Gasteiger partial charge is 0.449 e. The van der Waals surface area contributed by atoms with E-state index in [2.05, 4.69) is 26.8 Å². The molecule has 31 heavy (non-hydrogen) atoms. The van der Waals surface area contributed by atoms with Gasteiger partial charge in [-0.05, 0) is 105 Å². The third kappa shape index (κ3) is 3.91. The molecule has 4 unspecified atom stereocenters. The van der Waals surface area contributed by atoms with Crippen LogP contribution in [0.4, 0.5) is 13.2 Å². The quantitative estimate of drug-likeness (QED) is 0.485. The fraction of sp³-hybridized carbons (Fsp3) is 0.885. The van der Waals surface area contributed by atoms with Crippen LogP contribution in [-0.4, -0.2) is 22.7 Å². The number of aliphatic hydroxyl groups is 1. The number of rotatable bonds is 4. The molecule has 0 aromatic rings. The molecule has 0 bridgehead atoms. The fourth-order valence-corrected chi connectivity index (χ4v) is 8.48. The second-order valence-electron chi connectivity index (χ2n) is 12.1. The molecule has 4 aliphatic carbocycles. The van der Waals surface area contributed by atoms with Crippen molar-refractivity contribution in [2.75, 3.05) is 0 Å². The third-order valence-electron chi connectivity index (χ3n) is 10.3. The Morgan fingerprint density at radius 2 is 1.84 bits per heavy atom. The highest BCUT2D eigenvalue weighted by molar-refractivity contribution is 5.83. The van der Waals surface area contributed by atoms with Crippen LogP contribution in [0, 0.1) is 40.4 Å². The van der Waals surface area contributed by atoms with Crippen LogP contribution in [-0.2, 0) is 4.79 Å². The van der Waals surface area contributed by atoms with Crippen molar-refractivity contribution in [3.63, 3.8) is 0 Å². The van der Waals surface area contributed by atoms with Gasteiger partial charge in [0.25, 0.3) is 0 Å². The highest BCUT2D eigenvalue weighted by Gasteiger charge is 2.59. The van der Waals surface area contributed by atoms with Gasteiger partial charge in [0.05, 0.1) is 5.60 Å². The first kappa shape index (κ1) is 23.3. The summed E-state index contributed by atoms with van der Waals surface area (Å²) < 4.78 is 38.0. The summed E-state index contributed by atoms with van der Waals surface area (Å²) in [5.74, 6) is 0.896. The first-order valence-corrected chi connectivity index (χ1v) is 12.3. The Kier molecular flexibility index (Phi) is 5.72. The zero-order chi connectivity index (χ0) is 22.8. The van der Waals surface area contributed by atoms with E-state index < -0.39 is 17.6 Å². The van der Waals surface area contributed by atoms with Crippen molar-refractivity contribution in [3.8, 4) is 0 Å². The van der Waals surface area contributed by atoms with Crippen LogP contribution < -0.4 is 0 Å². The van der Waals surface area contributed by atoms with Gasteiger partial charge in [0, 0.05) is 6.42 Å². The van der Waals surface area contributed by atoms with Crippen molar-refractivity contribution in [1.29, 1.82) is 0 Å². The van der Waals surface area contributed by atoms with Gasteiger partial charge in [0.1, 0.15) is 0 Å². The van der Waals surface area contributed by atoms with Crippen LogP contribution >= 0.6 is 0 Å². The lowest BCUT2D eigenvalue weighted by atomic mass is 9.46. The number of allylic oxidation sites excluding steroid dienone is 1. The molecule has 0 aliphatic heterocycles. The number of hydrogen-bond donors (Lipinski definition) is 1. The van der Waals surface area contributed by atoms with E-state index in [1.807, 2.05) is 6.92 Å². The molecule has 1 N–H and O–H groups in total. The molecule has 3 fully saturated rings. The molecule has 0 aromatic heterocycles. The van der Waals surface area contributed by atoms with E-state index >= 15 is 0 Å². The first-order valence-electron chi connectivity index (χ1n) is 12.3. The van der Waals surface area contributed by atoms with Gasteiger partial charge in [0.2, 0.25) is 5.78 Å². The van der Waals surface area contributed by atoms with Crippen molar-refractivity contribution in [2.45, 2.75) is 104 Å². The van der Waals surface area contributed by atoms with E-state index in [1.54, 1.807) is 0 Å². The monoisotopic (exact) mass is 440 g/mol. The molecule has 0 radical (unpaired) electrons. The summed E-state index contributed by atoms with van der Waals surface area (Å²) in [7, 11) is 0. The maximum Gasteiger partial charge on any atom is 0.449 e. The minimum Gasteiger partial charge on any atom is -0.390 e. The summed E-state index contributed by atoms with van der Waals surface area (Å²) in [5, 5.41) is 10.6. The van der Waals surface area contributed by atoms with E-state index in [1.165, 1.54) is 12.0 Å². The Morgan fingerprint density at radius 3 is 2.52 bits per heavy atom. The molecule has 4 aliphatic rings. The zero-order valence-corrected chi connectivity index (χ0v) is 19.5. The van der Waals surface area contributed by atoms with Gasteiger partial charge in [-0.1, -0.05) is 32.4 Å². The Labute approximate surface area is 185 Å². The van der Waals surface area contributed by atoms with Gasteiger partial charge in [0.15, 0.2) is 0 Å². The van der Waals surface area contributed by atoms with E-state index in [0.717, 1.165) is 44.9 Å². The number of Topliss-reactive ketones (excluding diaryl/α,β-unsaturated/α-hetero) is 1. The van der Waals surface area contributed by atoms with Crippen molar-refractivity contribution < 1.29 is 23.1 Å². The smallest absolute Gasteiger partial charge is 0.390 e. The number of ketones is 1. The summed E-state index contributed by atoms with van der Waals surface area (Å²) in [5.41, 5.74) is 1.24. The van der Waals surface area contributed by atoms with Crippen molar-refractivity contribution in [3.05, 3.63) is 11.6 Å². The van der Waals surface area contributed by atoms with Gasteiger partial charge in [-0.15, -0.1) is 0 Å². The normalized spacial score (nSPS) is 45.9. The topological polar surface area (TPSA) is 37.3 Å². The van der Waals surface area contributed by atoms with Gasteiger partial charge >= 0.3 is 6.18 Å². The molecule has 2 nitrogen and oxygen atoms in total. The number of carbonyl (C=O) groups is 1. The Morgan fingerprint density at radius 1 is 1.13 bits per heavy atom. The van der Waals surface area contributed by atoms with Gasteiger partial charge in [-0.3, -0.25) is 4.79 Å². The van der Waals surface area contributed by atoms with Crippen LogP contribution in [0.15, 0.2) is 11.6 Å². The zero-order valence-electron chi connectivity index (χ0n) is 19.5. The van der Waals surface area contributed by atoms with Crippen LogP contribution in [0.25, 0.3) is 0 Å². The second kappa shape index (κ2) is 7.60. The first-order chi connectivity index (χ1) is 14.3. The molecule has 176 valence electrons. The van der Waals surface area contributed by atoms with Gasteiger partial charge in [-0.25, -0.2) is 0 Å². The predicted molar refractivity (Wildman–Crippen MR) is 115 cm³/mol. The lowest BCUT2D eigenvalue weighted by molar-refractivity contribution is -0.171. The molecule has 0 amide bonds. The number of halogens is 3. The van der Waals surface area contributed by atoms with E-state index in [-0.39, 0.29) is 23.2 Å². The molecule has 5 heteroatoms. The molecule has 0 heterocycles. The van der Waals surface area contributed by atoms with Gasteiger partial charge < -0.3 is 5.11 Å². The maximum atomic E-state index is 12.7. The van der Waals surface area contributed by atoms with E-state index in [4.69, 9.17) is 0 Å². The van der Waals surface area contributed by atoms with Crippen LogP contribution in [0.2, 0.25) is 0 Å². The van der Waals surface area contributed by atoms with E-state index in [9.17, 15) is 23.1 Å².